The topological polar surface area (TPSA) is 87.8 Å². The molecule has 2 rings (SSSR count). The molecule has 8 nitrogen and oxygen atoms in total. The van der Waals surface area contributed by atoms with Crippen LogP contribution >= 0.6 is 24.0 Å². The monoisotopic (exact) mass is 494 g/mol. The van der Waals surface area contributed by atoms with Crippen LogP contribution < -0.4 is 10.6 Å². The van der Waals surface area contributed by atoms with E-state index in [4.69, 9.17) is 14.3 Å². The largest absolute Gasteiger partial charge is 0.379 e. The van der Waals surface area contributed by atoms with Gasteiger partial charge >= 0.3 is 0 Å². The lowest BCUT2D eigenvalue weighted by Gasteiger charge is -2.34. The van der Waals surface area contributed by atoms with Gasteiger partial charge < -0.3 is 19.9 Å². The Bertz CT molecular complexity index is 546. The highest BCUT2D eigenvalue weighted by Gasteiger charge is 2.21. The minimum atomic E-state index is 0. The molecule has 0 spiro atoms. The van der Waals surface area contributed by atoms with Crippen molar-refractivity contribution in [3.8, 4) is 0 Å². The number of morpholine rings is 1. The standard InChI is InChI=1S/C18H34N6O2.HI/c1-5-19-18(20-7-6-17-22-15(4)23-26-17)21-13-16(12-14(2)3)24-8-10-25-11-9-24;/h14,16H,5-13H2,1-4H3,(H2,19,20,21);1H. The Morgan fingerprint density at radius 2 is 2.00 bits per heavy atom. The maximum atomic E-state index is 5.49. The van der Waals surface area contributed by atoms with Gasteiger partial charge in [0.25, 0.3) is 0 Å². The normalized spacial score (nSPS) is 16.9. The Labute approximate surface area is 179 Å². The maximum absolute atomic E-state index is 5.49. The van der Waals surface area contributed by atoms with Crippen LogP contribution in [0.25, 0.3) is 0 Å². The minimum absolute atomic E-state index is 0. The molecule has 0 saturated carbocycles. The van der Waals surface area contributed by atoms with E-state index in [0.717, 1.165) is 51.8 Å². The van der Waals surface area contributed by atoms with Crippen molar-refractivity contribution in [2.24, 2.45) is 10.9 Å². The molecular weight excluding hydrogens is 459 g/mol. The minimum Gasteiger partial charge on any atom is -0.379 e. The van der Waals surface area contributed by atoms with Gasteiger partial charge in [0.15, 0.2) is 11.8 Å². The maximum Gasteiger partial charge on any atom is 0.228 e. The summed E-state index contributed by atoms with van der Waals surface area (Å²) >= 11 is 0. The second-order valence-corrected chi connectivity index (χ2v) is 7.06. The second-order valence-electron chi connectivity index (χ2n) is 7.06. The van der Waals surface area contributed by atoms with Crippen LogP contribution in [0.1, 0.15) is 38.9 Å². The number of rotatable bonds is 9. The number of ether oxygens (including phenoxy) is 1. The van der Waals surface area contributed by atoms with Crippen molar-refractivity contribution in [2.45, 2.75) is 46.6 Å². The molecule has 1 saturated heterocycles. The second kappa shape index (κ2) is 13.3. The van der Waals surface area contributed by atoms with E-state index in [1.807, 2.05) is 6.92 Å². The highest BCUT2D eigenvalue weighted by molar-refractivity contribution is 14.0. The van der Waals surface area contributed by atoms with Gasteiger partial charge in [0.1, 0.15) is 0 Å². The smallest absolute Gasteiger partial charge is 0.228 e. The predicted octanol–water partition coefficient (Wildman–Crippen LogP) is 1.84. The Hall–Kier alpha value is -0.940. The zero-order valence-electron chi connectivity index (χ0n) is 17.0. The Balaban J connectivity index is 0.00000364. The number of aryl methyl sites for hydroxylation is 1. The summed E-state index contributed by atoms with van der Waals surface area (Å²) in [6.45, 7) is 14.4. The molecule has 1 aromatic heterocycles. The van der Waals surface area contributed by atoms with Gasteiger partial charge in [0.05, 0.1) is 19.8 Å². The van der Waals surface area contributed by atoms with E-state index in [2.05, 4.69) is 46.4 Å². The lowest BCUT2D eigenvalue weighted by atomic mass is 10.0. The number of nitrogens with one attached hydrogen (secondary N) is 2. The summed E-state index contributed by atoms with van der Waals surface area (Å²) in [4.78, 5) is 11.6. The summed E-state index contributed by atoms with van der Waals surface area (Å²) in [6.07, 6.45) is 1.83. The first-order valence-corrected chi connectivity index (χ1v) is 9.71. The van der Waals surface area contributed by atoms with Gasteiger partial charge in [-0.1, -0.05) is 19.0 Å². The highest BCUT2D eigenvalue weighted by Crippen LogP contribution is 2.14. The summed E-state index contributed by atoms with van der Waals surface area (Å²) in [5.74, 6) is 2.81. The molecular formula is C18H35IN6O2. The molecule has 9 heteroatoms. The summed E-state index contributed by atoms with van der Waals surface area (Å²) in [5, 5.41) is 10.5. The number of aliphatic imine (C=N–C) groups is 1. The van der Waals surface area contributed by atoms with E-state index < -0.39 is 0 Å². The molecule has 156 valence electrons. The molecule has 0 bridgehead atoms. The van der Waals surface area contributed by atoms with Crippen molar-refractivity contribution in [1.82, 2.24) is 25.7 Å². The lowest BCUT2D eigenvalue weighted by Crippen LogP contribution is -2.46. The molecule has 0 radical (unpaired) electrons. The number of nitrogens with zero attached hydrogens (tertiary/aromatic N) is 4. The number of aromatic nitrogens is 2. The van der Waals surface area contributed by atoms with Crippen molar-refractivity contribution in [1.29, 1.82) is 0 Å². The third-order valence-corrected chi connectivity index (χ3v) is 4.31. The first-order chi connectivity index (χ1) is 12.6. The zero-order chi connectivity index (χ0) is 18.8. The molecule has 27 heavy (non-hydrogen) atoms. The summed E-state index contributed by atoms with van der Waals surface area (Å²) < 4.78 is 10.6. The van der Waals surface area contributed by atoms with Crippen LogP contribution in [0.4, 0.5) is 0 Å². The predicted molar refractivity (Wildman–Crippen MR) is 118 cm³/mol. The lowest BCUT2D eigenvalue weighted by molar-refractivity contribution is 0.0143. The molecule has 1 aromatic rings. The van der Waals surface area contributed by atoms with Gasteiger partial charge in [-0.15, -0.1) is 24.0 Å². The molecule has 0 aliphatic carbocycles. The van der Waals surface area contributed by atoms with Crippen LogP contribution in [0, 0.1) is 12.8 Å². The Morgan fingerprint density at radius 3 is 2.59 bits per heavy atom. The fourth-order valence-electron chi connectivity index (χ4n) is 3.09. The van der Waals surface area contributed by atoms with Crippen molar-refractivity contribution in [3.05, 3.63) is 11.7 Å². The van der Waals surface area contributed by atoms with E-state index >= 15 is 0 Å². The zero-order valence-corrected chi connectivity index (χ0v) is 19.4. The van der Waals surface area contributed by atoms with Crippen molar-refractivity contribution in [3.63, 3.8) is 0 Å². The van der Waals surface area contributed by atoms with Crippen LogP contribution in [-0.4, -0.2) is 73.0 Å². The molecule has 2 N–H and O–H groups in total. The SMILES string of the molecule is CCNC(=NCC(CC(C)C)N1CCOCC1)NCCc1nc(C)no1.I. The number of halogens is 1. The van der Waals surface area contributed by atoms with E-state index in [0.29, 0.717) is 36.6 Å². The average Bonchev–Trinajstić information content (AvgIpc) is 3.04. The summed E-state index contributed by atoms with van der Waals surface area (Å²) in [5.41, 5.74) is 0. The van der Waals surface area contributed by atoms with Crippen LogP contribution in [0.3, 0.4) is 0 Å². The Morgan fingerprint density at radius 1 is 1.26 bits per heavy atom. The highest BCUT2D eigenvalue weighted by atomic mass is 127. The van der Waals surface area contributed by atoms with Crippen molar-refractivity contribution < 1.29 is 9.26 Å². The molecule has 1 aliphatic heterocycles. The average molecular weight is 494 g/mol. The molecule has 1 atom stereocenters. The molecule has 1 unspecified atom stereocenters. The number of guanidine groups is 1. The van der Waals surface area contributed by atoms with Gasteiger partial charge in [-0.05, 0) is 26.2 Å². The third kappa shape index (κ3) is 9.20. The number of hydrogen-bond acceptors (Lipinski definition) is 6. The summed E-state index contributed by atoms with van der Waals surface area (Å²) in [7, 11) is 0. The molecule has 2 heterocycles. The van der Waals surface area contributed by atoms with Crippen LogP contribution in [-0.2, 0) is 11.2 Å². The molecule has 0 aromatic carbocycles. The molecule has 1 fully saturated rings. The third-order valence-electron chi connectivity index (χ3n) is 4.31. The quantitative estimate of drug-likeness (QED) is 0.308. The van der Waals surface area contributed by atoms with E-state index in [1.54, 1.807) is 0 Å². The van der Waals surface area contributed by atoms with Crippen LogP contribution in [0.15, 0.2) is 9.52 Å². The fourth-order valence-corrected chi connectivity index (χ4v) is 3.09. The number of hydrogen-bond donors (Lipinski definition) is 2. The van der Waals surface area contributed by atoms with E-state index in [-0.39, 0.29) is 24.0 Å². The Kier molecular flexibility index (Phi) is 11.8. The van der Waals surface area contributed by atoms with Gasteiger partial charge in [-0.3, -0.25) is 9.89 Å². The summed E-state index contributed by atoms with van der Waals surface area (Å²) in [6, 6.07) is 0.452. The van der Waals surface area contributed by atoms with Crippen molar-refractivity contribution >= 4 is 29.9 Å². The fraction of sp³-hybridized carbons (Fsp3) is 0.833. The van der Waals surface area contributed by atoms with Gasteiger partial charge in [0.2, 0.25) is 5.89 Å². The van der Waals surface area contributed by atoms with Crippen molar-refractivity contribution in [2.75, 3.05) is 45.9 Å². The van der Waals surface area contributed by atoms with Crippen LogP contribution in [0.5, 0.6) is 0 Å². The van der Waals surface area contributed by atoms with E-state index in [9.17, 15) is 0 Å². The first kappa shape index (κ1) is 24.1. The first-order valence-electron chi connectivity index (χ1n) is 9.71. The molecule has 1 aliphatic rings. The van der Waals surface area contributed by atoms with Gasteiger partial charge in [-0.2, -0.15) is 4.98 Å². The van der Waals surface area contributed by atoms with Gasteiger partial charge in [0, 0.05) is 38.6 Å². The van der Waals surface area contributed by atoms with Gasteiger partial charge in [-0.25, -0.2) is 0 Å². The molecule has 0 amide bonds. The van der Waals surface area contributed by atoms with Crippen LogP contribution in [0.2, 0.25) is 0 Å². The van der Waals surface area contributed by atoms with E-state index in [1.165, 1.54) is 0 Å².